The normalized spacial score (nSPS) is 14.2. The van der Waals surface area contributed by atoms with E-state index in [1.165, 1.54) is 6.42 Å². The lowest BCUT2D eigenvalue weighted by Crippen LogP contribution is -2.32. The molecule has 1 N–H and O–H groups in total. The fourth-order valence-corrected chi connectivity index (χ4v) is 4.37. The van der Waals surface area contributed by atoms with Crippen molar-refractivity contribution in [1.29, 1.82) is 0 Å². The summed E-state index contributed by atoms with van der Waals surface area (Å²) in [5.41, 5.74) is 4.11. The van der Waals surface area contributed by atoms with Gasteiger partial charge < -0.3 is 15.0 Å². The summed E-state index contributed by atoms with van der Waals surface area (Å²) in [6.07, 6.45) is 4.28. The van der Waals surface area contributed by atoms with Gasteiger partial charge in [-0.3, -0.25) is 9.36 Å². The maximum atomic E-state index is 13.0. The van der Waals surface area contributed by atoms with Crippen LogP contribution in [0.1, 0.15) is 54.5 Å². The van der Waals surface area contributed by atoms with Gasteiger partial charge in [-0.25, -0.2) is 9.97 Å². The van der Waals surface area contributed by atoms with Crippen LogP contribution in [-0.2, 0) is 4.74 Å². The van der Waals surface area contributed by atoms with E-state index in [-0.39, 0.29) is 11.7 Å². The van der Waals surface area contributed by atoms with Crippen LogP contribution in [-0.4, -0.2) is 53.3 Å². The largest absolute Gasteiger partial charge is 0.382 e. The van der Waals surface area contributed by atoms with Gasteiger partial charge in [-0.2, -0.15) is 0 Å². The lowest BCUT2D eigenvalue weighted by atomic mass is 10.1. The molecule has 1 aliphatic heterocycles. The summed E-state index contributed by atoms with van der Waals surface area (Å²) < 4.78 is 7.51. The first-order chi connectivity index (χ1) is 15.6. The van der Waals surface area contributed by atoms with Gasteiger partial charge in [-0.05, 0) is 64.2 Å². The van der Waals surface area contributed by atoms with Crippen molar-refractivity contribution >= 4 is 22.8 Å². The van der Waals surface area contributed by atoms with E-state index in [4.69, 9.17) is 14.7 Å². The van der Waals surface area contributed by atoms with Crippen molar-refractivity contribution in [1.82, 2.24) is 19.9 Å². The number of carbonyl (C=O) groups excluding carboxylic acids is 1. The second-order valence-electron chi connectivity index (χ2n) is 8.30. The molecule has 0 atom stereocenters. The van der Waals surface area contributed by atoms with Gasteiger partial charge >= 0.3 is 0 Å². The molecule has 170 valence electrons. The highest BCUT2D eigenvalue weighted by atomic mass is 16.5. The van der Waals surface area contributed by atoms with Crippen LogP contribution >= 0.6 is 0 Å². The Morgan fingerprint density at radius 3 is 2.56 bits per heavy atom. The molecule has 7 heteroatoms. The van der Waals surface area contributed by atoms with Crippen LogP contribution in [0.4, 0.5) is 5.82 Å². The molecule has 3 heterocycles. The number of hydrogen-bond acceptors (Lipinski definition) is 5. The van der Waals surface area contributed by atoms with Crippen molar-refractivity contribution in [2.24, 2.45) is 0 Å². The third-order valence-corrected chi connectivity index (χ3v) is 6.16. The SMILES string of the molecule is CCOCCCNC(=O)c1nc(N2CCCCC2)c2c(C)c(C)n(-c3ccccc3)c2n1. The van der Waals surface area contributed by atoms with E-state index >= 15 is 0 Å². The number of aryl methyl sites for hydroxylation is 1. The Balaban J connectivity index is 1.78. The maximum absolute atomic E-state index is 13.0. The first kappa shape index (κ1) is 22.3. The van der Waals surface area contributed by atoms with Crippen molar-refractivity contribution in [3.63, 3.8) is 0 Å². The highest BCUT2D eigenvalue weighted by Gasteiger charge is 2.25. The molecule has 0 aliphatic carbocycles. The van der Waals surface area contributed by atoms with Gasteiger partial charge in [0.2, 0.25) is 5.82 Å². The Kier molecular flexibility index (Phi) is 7.05. The number of piperidine rings is 1. The van der Waals surface area contributed by atoms with Gasteiger partial charge in [0, 0.05) is 44.2 Å². The van der Waals surface area contributed by atoms with Gasteiger partial charge in [0.25, 0.3) is 5.91 Å². The smallest absolute Gasteiger partial charge is 0.289 e. The number of nitrogens with zero attached hydrogens (tertiary/aromatic N) is 4. The van der Waals surface area contributed by atoms with E-state index in [1.54, 1.807) is 0 Å². The van der Waals surface area contributed by atoms with E-state index in [1.807, 2.05) is 25.1 Å². The average Bonchev–Trinajstić information content (AvgIpc) is 3.09. The summed E-state index contributed by atoms with van der Waals surface area (Å²) in [7, 11) is 0. The quantitative estimate of drug-likeness (QED) is 0.537. The Labute approximate surface area is 189 Å². The minimum atomic E-state index is -0.238. The lowest BCUT2D eigenvalue weighted by molar-refractivity contribution is 0.0934. The van der Waals surface area contributed by atoms with Gasteiger partial charge in [-0.1, -0.05) is 18.2 Å². The Bertz CT molecular complexity index is 1070. The Hall–Kier alpha value is -2.93. The summed E-state index contributed by atoms with van der Waals surface area (Å²) in [5.74, 6) is 0.867. The molecule has 0 spiro atoms. The fraction of sp³-hybridized carbons (Fsp3) is 0.480. The molecule has 1 aromatic carbocycles. The van der Waals surface area contributed by atoms with E-state index in [2.05, 4.69) is 40.8 Å². The van der Waals surface area contributed by atoms with Crippen LogP contribution in [0.2, 0.25) is 0 Å². The zero-order valence-electron chi connectivity index (χ0n) is 19.4. The third-order valence-electron chi connectivity index (χ3n) is 6.16. The molecule has 7 nitrogen and oxygen atoms in total. The van der Waals surface area contributed by atoms with E-state index in [0.29, 0.717) is 19.8 Å². The highest BCUT2D eigenvalue weighted by molar-refractivity contribution is 5.98. The predicted molar refractivity (Wildman–Crippen MR) is 128 cm³/mol. The molecule has 3 aromatic rings. The van der Waals surface area contributed by atoms with Gasteiger partial charge in [-0.15, -0.1) is 0 Å². The third kappa shape index (κ3) is 4.48. The monoisotopic (exact) mass is 435 g/mol. The summed E-state index contributed by atoms with van der Waals surface area (Å²) >= 11 is 0. The molecule has 32 heavy (non-hydrogen) atoms. The summed E-state index contributed by atoms with van der Waals surface area (Å²) in [4.78, 5) is 24.9. The van der Waals surface area contributed by atoms with Crippen LogP contribution in [0.3, 0.4) is 0 Å². The highest BCUT2D eigenvalue weighted by Crippen LogP contribution is 2.34. The number of para-hydroxylation sites is 1. The number of rotatable bonds is 8. The average molecular weight is 436 g/mol. The van der Waals surface area contributed by atoms with Crippen LogP contribution in [0, 0.1) is 13.8 Å². The number of aromatic nitrogens is 3. The molecule has 1 amide bonds. The molecular weight excluding hydrogens is 402 g/mol. The molecule has 1 saturated heterocycles. The first-order valence-corrected chi connectivity index (χ1v) is 11.7. The van der Waals surface area contributed by atoms with Crippen LogP contribution in [0.5, 0.6) is 0 Å². The number of anilines is 1. The second kappa shape index (κ2) is 10.1. The molecule has 0 saturated carbocycles. The molecule has 1 fully saturated rings. The second-order valence-corrected chi connectivity index (χ2v) is 8.30. The topological polar surface area (TPSA) is 72.3 Å². The minimum absolute atomic E-state index is 0.226. The molecule has 0 bridgehead atoms. The van der Waals surface area contributed by atoms with Gasteiger partial charge in [0.1, 0.15) is 5.82 Å². The first-order valence-electron chi connectivity index (χ1n) is 11.7. The van der Waals surface area contributed by atoms with Crippen molar-refractivity contribution in [2.75, 3.05) is 37.7 Å². The molecule has 4 rings (SSSR count). The minimum Gasteiger partial charge on any atom is -0.382 e. The Morgan fingerprint density at radius 2 is 1.84 bits per heavy atom. The molecule has 2 aromatic heterocycles. The standard InChI is InChI=1S/C25H33N5O2/c1-4-32-17-11-14-26-25(31)22-27-23(29-15-9-6-10-16-29)21-18(2)19(3)30(24(21)28-22)20-12-7-5-8-13-20/h5,7-8,12-13H,4,6,9-11,14-17H2,1-3H3,(H,26,31). The number of benzene rings is 1. The van der Waals surface area contributed by atoms with E-state index < -0.39 is 0 Å². The van der Waals surface area contributed by atoms with Crippen molar-refractivity contribution in [3.05, 3.63) is 47.4 Å². The van der Waals surface area contributed by atoms with Gasteiger partial charge in [0.05, 0.1) is 5.39 Å². The predicted octanol–water partition coefficient (Wildman–Crippen LogP) is 4.18. The number of amides is 1. The van der Waals surface area contributed by atoms with Crippen molar-refractivity contribution in [2.45, 2.75) is 46.5 Å². The number of carbonyl (C=O) groups is 1. The summed E-state index contributed by atoms with van der Waals surface area (Å²) in [5, 5.41) is 4.00. The molecule has 1 aliphatic rings. The fourth-order valence-electron chi connectivity index (χ4n) is 4.37. The van der Waals surface area contributed by atoms with Gasteiger partial charge in [0.15, 0.2) is 5.65 Å². The van der Waals surface area contributed by atoms with Crippen LogP contribution in [0.25, 0.3) is 16.7 Å². The number of nitrogens with one attached hydrogen (secondary N) is 1. The van der Waals surface area contributed by atoms with Crippen molar-refractivity contribution in [3.8, 4) is 5.69 Å². The number of fused-ring (bicyclic) bond motifs is 1. The molecule has 0 unspecified atom stereocenters. The number of hydrogen-bond donors (Lipinski definition) is 1. The zero-order chi connectivity index (χ0) is 22.5. The van der Waals surface area contributed by atoms with E-state index in [0.717, 1.165) is 66.1 Å². The summed E-state index contributed by atoms with van der Waals surface area (Å²) in [6, 6.07) is 10.2. The maximum Gasteiger partial charge on any atom is 0.289 e. The molecule has 0 radical (unpaired) electrons. The lowest BCUT2D eigenvalue weighted by Gasteiger charge is -2.28. The van der Waals surface area contributed by atoms with Crippen LogP contribution in [0.15, 0.2) is 30.3 Å². The van der Waals surface area contributed by atoms with E-state index in [9.17, 15) is 4.79 Å². The Morgan fingerprint density at radius 1 is 1.09 bits per heavy atom. The summed E-state index contributed by atoms with van der Waals surface area (Å²) in [6.45, 7) is 9.96. The molecular formula is C25H33N5O2. The zero-order valence-corrected chi connectivity index (χ0v) is 19.4. The number of ether oxygens (including phenoxy) is 1. The van der Waals surface area contributed by atoms with Crippen molar-refractivity contribution < 1.29 is 9.53 Å². The van der Waals surface area contributed by atoms with Crippen LogP contribution < -0.4 is 10.2 Å².